The fourth-order valence-electron chi connectivity index (χ4n) is 2.09. The van der Waals surface area contributed by atoms with E-state index in [1.165, 1.54) is 0 Å². The topological polar surface area (TPSA) is 75.4 Å². The van der Waals surface area contributed by atoms with Gasteiger partial charge in [-0.25, -0.2) is 0 Å². The Morgan fingerprint density at radius 1 is 1.53 bits per heavy atom. The summed E-state index contributed by atoms with van der Waals surface area (Å²) < 4.78 is 0. The monoisotopic (exact) mass is 214 g/mol. The molecule has 15 heavy (non-hydrogen) atoms. The highest BCUT2D eigenvalue weighted by Crippen LogP contribution is 2.23. The van der Waals surface area contributed by atoms with Gasteiger partial charge in [0.25, 0.3) is 0 Å². The molecular formula is C11H22N2O2. The van der Waals surface area contributed by atoms with Crippen LogP contribution in [0.3, 0.4) is 0 Å². The second-order valence-corrected chi connectivity index (χ2v) is 4.36. The molecule has 0 bridgehead atoms. The summed E-state index contributed by atoms with van der Waals surface area (Å²) in [7, 11) is 0. The van der Waals surface area contributed by atoms with Crippen molar-refractivity contribution < 1.29 is 9.90 Å². The molecule has 3 unspecified atom stereocenters. The van der Waals surface area contributed by atoms with Crippen molar-refractivity contribution in [3.63, 3.8) is 0 Å². The van der Waals surface area contributed by atoms with Crippen LogP contribution < -0.4 is 11.1 Å². The van der Waals surface area contributed by atoms with Crippen LogP contribution in [0.25, 0.3) is 0 Å². The Hall–Kier alpha value is -0.610. The third-order valence-corrected chi connectivity index (χ3v) is 3.25. The maximum atomic E-state index is 11.6. The molecule has 0 aromatic heterocycles. The van der Waals surface area contributed by atoms with E-state index in [1.807, 2.05) is 6.92 Å². The van der Waals surface area contributed by atoms with Gasteiger partial charge in [-0.1, -0.05) is 19.8 Å². The lowest BCUT2D eigenvalue weighted by molar-refractivity contribution is -0.123. The van der Waals surface area contributed by atoms with Crippen molar-refractivity contribution >= 4 is 5.91 Å². The van der Waals surface area contributed by atoms with Crippen LogP contribution in [0.15, 0.2) is 0 Å². The number of carbonyl (C=O) groups is 1. The Bertz CT molecular complexity index is 209. The van der Waals surface area contributed by atoms with Crippen LogP contribution in [0.1, 0.15) is 39.0 Å². The number of hydrogen-bond donors (Lipinski definition) is 3. The number of nitrogens with two attached hydrogens (primary N) is 1. The predicted molar refractivity (Wildman–Crippen MR) is 59.2 cm³/mol. The number of aliphatic hydroxyl groups is 1. The van der Waals surface area contributed by atoms with Crippen molar-refractivity contribution in [2.75, 3.05) is 6.61 Å². The van der Waals surface area contributed by atoms with E-state index in [1.54, 1.807) is 0 Å². The molecule has 0 radical (unpaired) electrons. The molecule has 88 valence electrons. The number of nitrogens with one attached hydrogen (secondary N) is 1. The third kappa shape index (κ3) is 3.47. The SMILES string of the molecule is CCC(N)C(=O)NC1CCCCC1CO. The molecule has 0 aliphatic heterocycles. The number of rotatable bonds is 4. The van der Waals surface area contributed by atoms with Crippen LogP contribution in [0, 0.1) is 5.92 Å². The summed E-state index contributed by atoms with van der Waals surface area (Å²) >= 11 is 0. The molecule has 0 heterocycles. The van der Waals surface area contributed by atoms with Gasteiger partial charge in [0.15, 0.2) is 0 Å². The van der Waals surface area contributed by atoms with Gasteiger partial charge < -0.3 is 16.2 Å². The molecule has 4 heteroatoms. The summed E-state index contributed by atoms with van der Waals surface area (Å²) in [5.74, 6) is 0.134. The summed E-state index contributed by atoms with van der Waals surface area (Å²) in [6.45, 7) is 2.06. The standard InChI is InChI=1S/C11H22N2O2/c1-2-9(12)11(15)13-10-6-4-3-5-8(10)7-14/h8-10,14H,2-7,12H2,1H3,(H,13,15). The molecule has 1 aliphatic carbocycles. The van der Waals surface area contributed by atoms with Crippen LogP contribution in [0.2, 0.25) is 0 Å². The minimum absolute atomic E-state index is 0.0807. The molecule has 1 rings (SSSR count). The van der Waals surface area contributed by atoms with Crippen LogP contribution in [0.5, 0.6) is 0 Å². The second kappa shape index (κ2) is 6.08. The maximum Gasteiger partial charge on any atom is 0.237 e. The molecule has 0 saturated heterocycles. The molecule has 3 atom stereocenters. The molecule has 1 aliphatic rings. The Labute approximate surface area is 91.2 Å². The van der Waals surface area contributed by atoms with Gasteiger partial charge in [0, 0.05) is 18.6 Å². The van der Waals surface area contributed by atoms with Crippen LogP contribution in [0.4, 0.5) is 0 Å². The van der Waals surface area contributed by atoms with Gasteiger partial charge in [-0.05, 0) is 19.3 Å². The van der Waals surface area contributed by atoms with E-state index in [-0.39, 0.29) is 24.5 Å². The first-order valence-corrected chi connectivity index (χ1v) is 5.85. The van der Waals surface area contributed by atoms with Crippen LogP contribution in [-0.2, 0) is 4.79 Å². The lowest BCUT2D eigenvalue weighted by Crippen LogP contribution is -2.49. The number of carbonyl (C=O) groups excluding carboxylic acids is 1. The highest BCUT2D eigenvalue weighted by molar-refractivity contribution is 5.81. The van der Waals surface area contributed by atoms with E-state index in [0.717, 1.165) is 25.7 Å². The zero-order chi connectivity index (χ0) is 11.3. The van der Waals surface area contributed by atoms with Crippen LogP contribution in [-0.4, -0.2) is 29.7 Å². The lowest BCUT2D eigenvalue weighted by Gasteiger charge is -2.31. The molecule has 0 aromatic carbocycles. The van der Waals surface area contributed by atoms with Gasteiger partial charge in [0.2, 0.25) is 5.91 Å². The Kier molecular flexibility index (Phi) is 5.05. The van der Waals surface area contributed by atoms with Crippen molar-refractivity contribution in [1.82, 2.24) is 5.32 Å². The summed E-state index contributed by atoms with van der Waals surface area (Å²) in [5, 5.41) is 12.1. The zero-order valence-electron chi connectivity index (χ0n) is 9.41. The smallest absolute Gasteiger partial charge is 0.237 e. The Morgan fingerprint density at radius 2 is 2.20 bits per heavy atom. The Balaban J connectivity index is 2.44. The van der Waals surface area contributed by atoms with Crippen molar-refractivity contribution in [1.29, 1.82) is 0 Å². The van der Waals surface area contributed by atoms with Gasteiger partial charge in [-0.15, -0.1) is 0 Å². The van der Waals surface area contributed by atoms with Gasteiger partial charge in [0.05, 0.1) is 6.04 Å². The van der Waals surface area contributed by atoms with Crippen LogP contribution >= 0.6 is 0 Å². The Morgan fingerprint density at radius 3 is 2.80 bits per heavy atom. The minimum atomic E-state index is -0.411. The molecule has 1 amide bonds. The van der Waals surface area contributed by atoms with Gasteiger partial charge >= 0.3 is 0 Å². The minimum Gasteiger partial charge on any atom is -0.396 e. The van der Waals surface area contributed by atoms with Crippen molar-refractivity contribution in [3.05, 3.63) is 0 Å². The lowest BCUT2D eigenvalue weighted by atomic mass is 9.85. The van der Waals surface area contributed by atoms with E-state index in [9.17, 15) is 9.90 Å². The first kappa shape index (κ1) is 12.5. The average Bonchev–Trinajstić information content (AvgIpc) is 2.28. The molecular weight excluding hydrogens is 192 g/mol. The molecule has 0 spiro atoms. The van der Waals surface area contributed by atoms with E-state index in [4.69, 9.17) is 5.73 Å². The first-order valence-electron chi connectivity index (χ1n) is 5.85. The quantitative estimate of drug-likeness (QED) is 0.633. The summed E-state index contributed by atoms with van der Waals surface area (Å²) in [4.78, 5) is 11.6. The third-order valence-electron chi connectivity index (χ3n) is 3.25. The fourth-order valence-corrected chi connectivity index (χ4v) is 2.09. The van der Waals surface area contributed by atoms with E-state index in [2.05, 4.69) is 5.32 Å². The van der Waals surface area contributed by atoms with Gasteiger partial charge in [-0.3, -0.25) is 4.79 Å². The first-order chi connectivity index (χ1) is 7.19. The second-order valence-electron chi connectivity index (χ2n) is 4.36. The highest BCUT2D eigenvalue weighted by Gasteiger charge is 2.26. The van der Waals surface area contributed by atoms with E-state index in [0.29, 0.717) is 6.42 Å². The summed E-state index contributed by atoms with van der Waals surface area (Å²) in [6, 6.07) is -0.292. The predicted octanol–water partition coefficient (Wildman–Crippen LogP) is 0.391. The highest BCUT2D eigenvalue weighted by atomic mass is 16.3. The van der Waals surface area contributed by atoms with Crippen molar-refractivity contribution in [2.45, 2.75) is 51.1 Å². The average molecular weight is 214 g/mol. The summed E-state index contributed by atoms with van der Waals surface area (Å²) in [6.07, 6.45) is 4.90. The molecule has 4 nitrogen and oxygen atoms in total. The zero-order valence-corrected chi connectivity index (χ0v) is 9.41. The van der Waals surface area contributed by atoms with Gasteiger partial charge in [-0.2, -0.15) is 0 Å². The normalized spacial score (nSPS) is 28.5. The van der Waals surface area contributed by atoms with E-state index >= 15 is 0 Å². The molecule has 4 N–H and O–H groups in total. The van der Waals surface area contributed by atoms with E-state index < -0.39 is 6.04 Å². The fraction of sp³-hybridized carbons (Fsp3) is 0.909. The van der Waals surface area contributed by atoms with Crippen molar-refractivity contribution in [2.24, 2.45) is 11.7 Å². The molecule has 1 fully saturated rings. The number of hydrogen-bond acceptors (Lipinski definition) is 3. The summed E-state index contributed by atoms with van der Waals surface area (Å²) in [5.41, 5.74) is 5.65. The number of amides is 1. The number of aliphatic hydroxyl groups excluding tert-OH is 1. The maximum absolute atomic E-state index is 11.6. The van der Waals surface area contributed by atoms with Gasteiger partial charge in [0.1, 0.15) is 0 Å². The molecule has 0 aromatic rings. The molecule has 1 saturated carbocycles. The largest absolute Gasteiger partial charge is 0.396 e. The van der Waals surface area contributed by atoms with Crippen molar-refractivity contribution in [3.8, 4) is 0 Å².